The van der Waals surface area contributed by atoms with E-state index < -0.39 is 0 Å². The van der Waals surface area contributed by atoms with E-state index in [1.54, 1.807) is 24.3 Å². The summed E-state index contributed by atoms with van der Waals surface area (Å²) in [6.07, 6.45) is 4.86. The molecule has 0 aliphatic rings. The topological polar surface area (TPSA) is 75.5 Å². The minimum Gasteiger partial charge on any atom is -0.350 e. The van der Waals surface area contributed by atoms with Crippen molar-refractivity contribution in [2.24, 2.45) is 0 Å². The zero-order valence-electron chi connectivity index (χ0n) is 14.2. The fourth-order valence-corrected chi connectivity index (χ4v) is 3.06. The Balaban J connectivity index is 1.58. The number of rotatable bonds is 6. The fraction of sp³-hybridized carbons (Fsp3) is 0.278. The highest BCUT2D eigenvalue weighted by Crippen LogP contribution is 2.13. The third-order valence-electron chi connectivity index (χ3n) is 3.91. The number of anilines is 1. The lowest BCUT2D eigenvalue weighted by atomic mass is 10.1. The summed E-state index contributed by atoms with van der Waals surface area (Å²) < 4.78 is 1.90. The Bertz CT molecular complexity index is 854. The van der Waals surface area contributed by atoms with Crippen LogP contribution < -0.4 is 10.6 Å². The monoisotopic (exact) mass is 356 g/mol. The maximum Gasteiger partial charge on any atom is 0.251 e. The van der Waals surface area contributed by atoms with Gasteiger partial charge in [0.05, 0.1) is 12.1 Å². The van der Waals surface area contributed by atoms with Gasteiger partial charge in [-0.25, -0.2) is 4.98 Å². The molecule has 0 aliphatic heterocycles. The van der Waals surface area contributed by atoms with E-state index in [0.717, 1.165) is 17.1 Å². The predicted molar refractivity (Wildman–Crippen MR) is 99.1 cm³/mol. The molecule has 0 spiro atoms. The summed E-state index contributed by atoms with van der Waals surface area (Å²) in [6, 6.07) is 7.01. The van der Waals surface area contributed by atoms with Gasteiger partial charge in [-0.2, -0.15) is 0 Å². The number of hydrogen-bond donors (Lipinski definition) is 2. The number of hydrogen-bond acceptors (Lipinski definition) is 4. The van der Waals surface area contributed by atoms with Crippen molar-refractivity contribution in [3.05, 3.63) is 53.3 Å². The highest BCUT2D eigenvalue weighted by molar-refractivity contribution is 7.15. The minimum atomic E-state index is -0.137. The maximum absolute atomic E-state index is 12.1. The lowest BCUT2D eigenvalue weighted by Crippen LogP contribution is -2.31. The molecular weight excluding hydrogens is 336 g/mol. The molecule has 0 fully saturated rings. The van der Waals surface area contributed by atoms with Crippen molar-refractivity contribution < 1.29 is 9.59 Å². The quantitative estimate of drug-likeness (QED) is 0.712. The van der Waals surface area contributed by atoms with E-state index >= 15 is 0 Å². The van der Waals surface area contributed by atoms with E-state index in [-0.39, 0.29) is 24.3 Å². The van der Waals surface area contributed by atoms with Gasteiger partial charge < -0.3 is 10.6 Å². The fourth-order valence-electron chi connectivity index (χ4n) is 2.35. The number of carbonyl (C=O) groups is 2. The molecule has 2 aromatic heterocycles. The van der Waals surface area contributed by atoms with Crippen molar-refractivity contribution in [2.75, 3.05) is 5.32 Å². The Hall–Kier alpha value is -2.67. The first-order chi connectivity index (χ1) is 12.0. The number of amides is 2. The van der Waals surface area contributed by atoms with E-state index in [2.05, 4.69) is 15.6 Å². The largest absolute Gasteiger partial charge is 0.350 e. The highest BCUT2D eigenvalue weighted by Gasteiger charge is 2.11. The smallest absolute Gasteiger partial charge is 0.251 e. The summed E-state index contributed by atoms with van der Waals surface area (Å²) >= 11 is 1.53. The van der Waals surface area contributed by atoms with Crippen LogP contribution in [0.25, 0.3) is 4.96 Å². The van der Waals surface area contributed by atoms with E-state index in [1.165, 1.54) is 11.3 Å². The Kier molecular flexibility index (Phi) is 5.14. The van der Waals surface area contributed by atoms with Gasteiger partial charge >= 0.3 is 0 Å². The second-order valence-corrected chi connectivity index (χ2v) is 6.78. The standard InChI is InChI=1S/C18H20N4O2S/c1-3-12(2)19-17(24)13-4-6-14(7-5-13)20-16(23)10-15-11-22-8-9-25-18(22)21-15/h4-9,11-12H,3,10H2,1-2H3,(H,19,24)(H,20,23). The number of carbonyl (C=O) groups excluding carboxylic acids is 2. The molecular formula is C18H20N4O2S. The molecule has 2 N–H and O–H groups in total. The molecule has 1 aromatic carbocycles. The molecule has 0 saturated carbocycles. The zero-order valence-corrected chi connectivity index (χ0v) is 15.0. The molecule has 3 aromatic rings. The Morgan fingerprint density at radius 3 is 2.72 bits per heavy atom. The van der Waals surface area contributed by atoms with E-state index in [1.807, 2.05) is 36.0 Å². The molecule has 25 heavy (non-hydrogen) atoms. The summed E-state index contributed by atoms with van der Waals surface area (Å²) in [7, 11) is 0. The van der Waals surface area contributed by atoms with Crippen molar-refractivity contribution in [3.63, 3.8) is 0 Å². The van der Waals surface area contributed by atoms with Gasteiger partial charge in [-0.15, -0.1) is 11.3 Å². The molecule has 2 amide bonds. The van der Waals surface area contributed by atoms with Crippen molar-refractivity contribution in [1.29, 1.82) is 0 Å². The van der Waals surface area contributed by atoms with E-state index in [0.29, 0.717) is 11.3 Å². The third-order valence-corrected chi connectivity index (χ3v) is 4.68. The Labute approximate surface area is 149 Å². The van der Waals surface area contributed by atoms with Crippen LogP contribution >= 0.6 is 11.3 Å². The average Bonchev–Trinajstić information content (AvgIpc) is 3.16. The Morgan fingerprint density at radius 2 is 2.04 bits per heavy atom. The molecule has 7 heteroatoms. The maximum atomic E-state index is 12.1. The molecule has 0 radical (unpaired) electrons. The third kappa shape index (κ3) is 4.24. The van der Waals surface area contributed by atoms with Gasteiger partial charge in [0.2, 0.25) is 5.91 Å². The number of imidazole rings is 1. The van der Waals surface area contributed by atoms with Gasteiger partial charge in [-0.3, -0.25) is 14.0 Å². The number of fused-ring (bicyclic) bond motifs is 1. The second-order valence-electron chi connectivity index (χ2n) is 5.91. The van der Waals surface area contributed by atoms with Crippen molar-refractivity contribution in [2.45, 2.75) is 32.7 Å². The van der Waals surface area contributed by atoms with Crippen molar-refractivity contribution in [3.8, 4) is 0 Å². The SMILES string of the molecule is CCC(C)NC(=O)c1ccc(NC(=O)Cc2cn3ccsc3n2)cc1. The first-order valence-electron chi connectivity index (χ1n) is 8.17. The summed E-state index contributed by atoms with van der Waals surface area (Å²) in [4.78, 5) is 29.5. The van der Waals surface area contributed by atoms with Crippen molar-refractivity contribution in [1.82, 2.24) is 14.7 Å². The molecule has 1 unspecified atom stereocenters. The number of nitrogens with zero attached hydrogens (tertiary/aromatic N) is 2. The van der Waals surface area contributed by atoms with Crippen LogP contribution in [0.3, 0.4) is 0 Å². The first kappa shape index (κ1) is 17.2. The highest BCUT2D eigenvalue weighted by atomic mass is 32.1. The van der Waals surface area contributed by atoms with Crippen LogP contribution in [0.1, 0.15) is 36.3 Å². The van der Waals surface area contributed by atoms with Gasteiger partial charge in [0, 0.05) is 35.1 Å². The van der Waals surface area contributed by atoms with Gasteiger partial charge in [-0.05, 0) is 37.6 Å². The average molecular weight is 356 g/mol. The number of nitrogens with one attached hydrogen (secondary N) is 2. The molecule has 130 valence electrons. The summed E-state index contributed by atoms with van der Waals surface area (Å²) in [5.74, 6) is -0.243. The van der Waals surface area contributed by atoms with E-state index in [4.69, 9.17) is 0 Å². The van der Waals surface area contributed by atoms with Gasteiger partial charge in [-0.1, -0.05) is 6.92 Å². The van der Waals surface area contributed by atoms with Crippen LogP contribution in [0.5, 0.6) is 0 Å². The van der Waals surface area contributed by atoms with Crippen LogP contribution in [0.2, 0.25) is 0 Å². The molecule has 0 saturated heterocycles. The minimum absolute atomic E-state index is 0.106. The number of benzene rings is 1. The predicted octanol–water partition coefficient (Wildman–Crippen LogP) is 3.11. The number of aromatic nitrogens is 2. The molecule has 3 rings (SSSR count). The molecule has 0 bridgehead atoms. The molecule has 0 aliphatic carbocycles. The summed E-state index contributed by atoms with van der Waals surface area (Å²) in [5.41, 5.74) is 1.97. The molecule has 2 heterocycles. The lowest BCUT2D eigenvalue weighted by Gasteiger charge is -2.11. The zero-order chi connectivity index (χ0) is 17.8. The first-order valence-corrected chi connectivity index (χ1v) is 9.05. The van der Waals surface area contributed by atoms with E-state index in [9.17, 15) is 9.59 Å². The van der Waals surface area contributed by atoms with Crippen LogP contribution in [0.4, 0.5) is 5.69 Å². The number of thiazole rings is 1. The summed E-state index contributed by atoms with van der Waals surface area (Å²) in [5, 5.41) is 7.69. The summed E-state index contributed by atoms with van der Waals surface area (Å²) in [6.45, 7) is 3.99. The normalized spacial score (nSPS) is 12.1. The van der Waals surface area contributed by atoms with Crippen LogP contribution in [0.15, 0.2) is 42.0 Å². The van der Waals surface area contributed by atoms with Crippen LogP contribution in [-0.2, 0) is 11.2 Å². The van der Waals surface area contributed by atoms with Crippen molar-refractivity contribution >= 4 is 33.8 Å². The molecule has 1 atom stereocenters. The Morgan fingerprint density at radius 1 is 1.28 bits per heavy atom. The lowest BCUT2D eigenvalue weighted by molar-refractivity contribution is -0.115. The van der Waals surface area contributed by atoms with Crippen LogP contribution in [-0.4, -0.2) is 27.2 Å². The van der Waals surface area contributed by atoms with Gasteiger partial charge in [0.15, 0.2) is 4.96 Å². The van der Waals surface area contributed by atoms with Gasteiger partial charge in [0.25, 0.3) is 5.91 Å². The molecule has 6 nitrogen and oxygen atoms in total. The second kappa shape index (κ2) is 7.48. The van der Waals surface area contributed by atoms with Crippen LogP contribution in [0, 0.1) is 0 Å². The van der Waals surface area contributed by atoms with Gasteiger partial charge in [0.1, 0.15) is 0 Å².